The lowest BCUT2D eigenvalue weighted by atomic mass is 9.67. The molecule has 1 heteroatoms. The molecule has 0 fully saturated rings. The smallest absolute Gasteiger partial charge is 0.0540 e. The first-order valence-corrected chi connectivity index (χ1v) is 23.3. The fourth-order valence-corrected chi connectivity index (χ4v) is 11.5. The number of anilines is 3. The van der Waals surface area contributed by atoms with Crippen molar-refractivity contribution in [3.8, 4) is 44.5 Å². The molecule has 0 radical (unpaired) electrons. The molecule has 1 atom stereocenters. The van der Waals surface area contributed by atoms with Crippen LogP contribution < -0.4 is 4.90 Å². The number of nitrogens with zero attached hydrogens (tertiary/aromatic N) is 1. The molecule has 13 rings (SSSR count). The van der Waals surface area contributed by atoms with Crippen LogP contribution in [0.4, 0.5) is 17.1 Å². The first kappa shape index (κ1) is 38.9. The Bertz CT molecular complexity index is 3760. The van der Waals surface area contributed by atoms with Gasteiger partial charge in [-0.25, -0.2) is 0 Å². The maximum atomic E-state index is 4.64. The fraction of sp³-hybridized carbons (Fsp3) is 0.0303. The summed E-state index contributed by atoms with van der Waals surface area (Å²) in [5.41, 5.74) is 18.5. The van der Waals surface area contributed by atoms with Crippen molar-refractivity contribution in [3.63, 3.8) is 0 Å². The van der Waals surface area contributed by atoms with E-state index in [1.165, 1.54) is 88.0 Å². The van der Waals surface area contributed by atoms with Crippen LogP contribution in [0.1, 0.15) is 28.7 Å². The van der Waals surface area contributed by atoms with Crippen molar-refractivity contribution >= 4 is 55.0 Å². The Balaban J connectivity index is 1.14. The molecule has 1 unspecified atom stereocenters. The number of fused-ring (bicyclic) bond motifs is 10. The predicted octanol–water partition coefficient (Wildman–Crippen LogP) is 17.9. The second kappa shape index (κ2) is 15.6. The number of allylic oxidation sites excluding steroid dienone is 5. The molecule has 0 aliphatic heterocycles. The molecule has 11 aromatic rings. The van der Waals surface area contributed by atoms with Crippen molar-refractivity contribution < 1.29 is 0 Å². The molecule has 0 heterocycles. The van der Waals surface area contributed by atoms with Gasteiger partial charge in [-0.15, -0.1) is 0 Å². The molecule has 11 aromatic carbocycles. The molecule has 0 N–H and O–H groups in total. The second-order valence-corrected chi connectivity index (χ2v) is 18.0. The van der Waals surface area contributed by atoms with Gasteiger partial charge in [0.25, 0.3) is 0 Å². The normalized spacial score (nSPS) is 16.0. The molecule has 314 valence electrons. The number of hydrogen-bond acceptors (Lipinski definition) is 1. The molecule has 0 saturated heterocycles. The Morgan fingerprint density at radius 1 is 0.388 bits per heavy atom. The third kappa shape index (κ3) is 6.09. The van der Waals surface area contributed by atoms with Gasteiger partial charge in [0.15, 0.2) is 0 Å². The molecular weight excluding hydrogens is 807 g/mol. The fourth-order valence-electron chi connectivity index (χ4n) is 11.5. The zero-order valence-corrected chi connectivity index (χ0v) is 37.0. The molecule has 0 aromatic heterocycles. The summed E-state index contributed by atoms with van der Waals surface area (Å²) in [4.78, 5) is 2.47. The van der Waals surface area contributed by atoms with Crippen LogP contribution in [0.3, 0.4) is 0 Å². The van der Waals surface area contributed by atoms with Crippen molar-refractivity contribution in [1.82, 2.24) is 0 Å². The molecule has 67 heavy (non-hydrogen) atoms. The van der Waals surface area contributed by atoms with Gasteiger partial charge in [-0.3, -0.25) is 0 Å². The molecule has 0 bridgehead atoms. The zero-order valence-electron chi connectivity index (χ0n) is 37.0. The van der Waals surface area contributed by atoms with E-state index in [1.54, 1.807) is 0 Å². The quantitative estimate of drug-likeness (QED) is 0.156. The van der Waals surface area contributed by atoms with Gasteiger partial charge in [0.05, 0.1) is 11.1 Å². The summed E-state index contributed by atoms with van der Waals surface area (Å²) in [7, 11) is 0. The van der Waals surface area contributed by atoms with E-state index in [4.69, 9.17) is 0 Å². The van der Waals surface area contributed by atoms with Gasteiger partial charge in [0.2, 0.25) is 0 Å². The molecule has 0 amide bonds. The lowest BCUT2D eigenvalue weighted by Gasteiger charge is -2.36. The standard InChI is InChI=1S/C66H45N/c1-44-18-5-4-16-41-66(59-29-14-12-28-57(59)65-58-39-35-49-24-17-23-48-31-32-50(42-61(65)66)64(58)63(48)49)60-43-52(38-40-56(60)55-27-11-10-25-53(44)55)67(51-36-33-46(34-37-51)45-19-6-2-7-20-45)62-30-15-13-26-54(62)47-21-8-3-9-22-47/h2-40,42-43H,1,41H2/b16-4-,18-5-. The highest BCUT2D eigenvalue weighted by molar-refractivity contribution is 6.26. The van der Waals surface area contributed by atoms with E-state index in [0.29, 0.717) is 0 Å². The summed E-state index contributed by atoms with van der Waals surface area (Å²) in [5, 5.41) is 7.82. The van der Waals surface area contributed by atoms with Gasteiger partial charge < -0.3 is 4.90 Å². The number of hydrogen-bond donors (Lipinski definition) is 0. The SMILES string of the molecule is C=C1/C=C\C=C/CC2(c3cc(N(c4ccc(-c5ccccc5)cc4)c4ccccc4-c4ccccc4)ccc3-c3ccccc31)c1ccccc1-c1c2cc2ccc3cccc4ccc1c2c34. The highest BCUT2D eigenvalue weighted by Gasteiger charge is 2.46. The monoisotopic (exact) mass is 851 g/mol. The van der Waals surface area contributed by atoms with E-state index >= 15 is 0 Å². The first-order valence-electron chi connectivity index (χ1n) is 23.3. The average molecular weight is 852 g/mol. The van der Waals surface area contributed by atoms with Gasteiger partial charge in [-0.2, -0.15) is 0 Å². The minimum absolute atomic E-state index is 0.577. The Morgan fingerprint density at radius 2 is 1.01 bits per heavy atom. The van der Waals surface area contributed by atoms with Crippen LogP contribution in [0.15, 0.2) is 255 Å². The first-order chi connectivity index (χ1) is 33.2. The highest BCUT2D eigenvalue weighted by Crippen LogP contribution is 2.60. The predicted molar refractivity (Wildman–Crippen MR) is 285 cm³/mol. The van der Waals surface area contributed by atoms with Gasteiger partial charge in [0, 0.05) is 16.9 Å². The van der Waals surface area contributed by atoms with Crippen LogP contribution >= 0.6 is 0 Å². The lowest BCUT2D eigenvalue weighted by molar-refractivity contribution is 0.648. The Hall–Kier alpha value is -8.52. The molecule has 2 aliphatic rings. The molecule has 1 spiro atoms. The molecule has 2 aliphatic carbocycles. The number of benzene rings is 11. The van der Waals surface area contributed by atoms with E-state index in [0.717, 1.165) is 40.2 Å². The summed E-state index contributed by atoms with van der Waals surface area (Å²) in [6.07, 6.45) is 9.69. The van der Waals surface area contributed by atoms with Crippen molar-refractivity contribution in [2.24, 2.45) is 0 Å². The molecular formula is C66H45N. The number of para-hydroxylation sites is 1. The molecule has 0 saturated carbocycles. The largest absolute Gasteiger partial charge is 0.310 e. The van der Waals surface area contributed by atoms with Gasteiger partial charge in [-0.05, 0) is 142 Å². The van der Waals surface area contributed by atoms with E-state index < -0.39 is 5.41 Å². The summed E-state index contributed by atoms with van der Waals surface area (Å²) in [6.45, 7) is 4.64. The van der Waals surface area contributed by atoms with Crippen LogP contribution in [0.2, 0.25) is 0 Å². The van der Waals surface area contributed by atoms with E-state index in [1.807, 2.05) is 0 Å². The second-order valence-electron chi connectivity index (χ2n) is 18.0. The van der Waals surface area contributed by atoms with Crippen molar-refractivity contribution in [3.05, 3.63) is 278 Å². The van der Waals surface area contributed by atoms with Crippen LogP contribution in [0, 0.1) is 0 Å². The van der Waals surface area contributed by atoms with Gasteiger partial charge in [0.1, 0.15) is 0 Å². The maximum Gasteiger partial charge on any atom is 0.0540 e. The van der Waals surface area contributed by atoms with Crippen LogP contribution in [0.25, 0.3) is 82.4 Å². The van der Waals surface area contributed by atoms with Crippen LogP contribution in [0.5, 0.6) is 0 Å². The summed E-state index contributed by atoms with van der Waals surface area (Å²) >= 11 is 0. The summed E-state index contributed by atoms with van der Waals surface area (Å²) in [5.74, 6) is 0. The van der Waals surface area contributed by atoms with Crippen molar-refractivity contribution in [1.29, 1.82) is 0 Å². The van der Waals surface area contributed by atoms with Gasteiger partial charge >= 0.3 is 0 Å². The highest BCUT2D eigenvalue weighted by atomic mass is 15.1. The van der Waals surface area contributed by atoms with E-state index in [2.05, 4.69) is 260 Å². The van der Waals surface area contributed by atoms with Crippen molar-refractivity contribution in [2.45, 2.75) is 11.8 Å². The zero-order chi connectivity index (χ0) is 44.5. The van der Waals surface area contributed by atoms with Crippen LogP contribution in [-0.4, -0.2) is 0 Å². The Labute approximate surface area is 391 Å². The third-order valence-corrected chi connectivity index (χ3v) is 14.5. The van der Waals surface area contributed by atoms with Gasteiger partial charge in [-0.1, -0.05) is 219 Å². The average Bonchev–Trinajstić information content (AvgIpc) is 3.67. The van der Waals surface area contributed by atoms with Crippen molar-refractivity contribution in [2.75, 3.05) is 4.90 Å². The van der Waals surface area contributed by atoms with E-state index in [9.17, 15) is 0 Å². The van der Waals surface area contributed by atoms with Crippen LogP contribution in [-0.2, 0) is 5.41 Å². The lowest BCUT2D eigenvalue weighted by Crippen LogP contribution is -2.28. The Kier molecular flexibility index (Phi) is 9.05. The minimum atomic E-state index is -0.577. The topological polar surface area (TPSA) is 3.24 Å². The maximum absolute atomic E-state index is 4.64. The minimum Gasteiger partial charge on any atom is -0.310 e. The number of rotatable bonds is 5. The summed E-state index contributed by atoms with van der Waals surface area (Å²) < 4.78 is 0. The molecule has 1 nitrogen and oxygen atoms in total. The Morgan fingerprint density at radius 3 is 1.81 bits per heavy atom. The summed E-state index contributed by atoms with van der Waals surface area (Å²) in [6, 6.07) is 83.3. The third-order valence-electron chi connectivity index (χ3n) is 14.5. The van der Waals surface area contributed by atoms with E-state index in [-0.39, 0.29) is 0 Å².